The average Bonchev–Trinajstić information content (AvgIpc) is 3.12. The first-order valence-electron chi connectivity index (χ1n) is 9.13. The predicted molar refractivity (Wildman–Crippen MR) is 108 cm³/mol. The number of carbonyl (C=O) groups is 3. The first kappa shape index (κ1) is 21.5. The molecule has 1 aliphatic rings. The van der Waals surface area contributed by atoms with Gasteiger partial charge in [-0.3, -0.25) is 14.4 Å². The molecule has 3 rings (SSSR count). The summed E-state index contributed by atoms with van der Waals surface area (Å²) in [5.74, 6) is -1.04. The van der Waals surface area contributed by atoms with Gasteiger partial charge in [-0.15, -0.1) is 0 Å². The highest BCUT2D eigenvalue weighted by atomic mass is 32.2. The molecule has 160 valence electrons. The van der Waals surface area contributed by atoms with Crippen LogP contribution >= 0.6 is 0 Å². The zero-order valence-corrected chi connectivity index (χ0v) is 17.7. The fraction of sp³-hybridized carbons (Fsp3) is 0.368. The van der Waals surface area contributed by atoms with E-state index in [2.05, 4.69) is 15.8 Å². The topological polar surface area (TPSA) is 139 Å². The molecule has 2 aromatic rings. The maximum Gasteiger partial charge on any atom is 0.251 e. The minimum Gasteiger partial charge on any atom is -0.360 e. The number of carbonyl (C=O) groups excluding carboxylic acids is 3. The summed E-state index contributed by atoms with van der Waals surface area (Å²) in [4.78, 5) is 37.0. The minimum atomic E-state index is -3.77. The summed E-state index contributed by atoms with van der Waals surface area (Å²) < 4.78 is 30.3. The zero-order chi connectivity index (χ0) is 22.3. The monoisotopic (exact) mass is 434 g/mol. The number of benzene rings is 1. The Labute approximate surface area is 173 Å². The van der Waals surface area contributed by atoms with Crippen molar-refractivity contribution in [2.24, 2.45) is 5.41 Å². The molecule has 0 bridgehead atoms. The molecule has 1 fully saturated rings. The molecule has 1 aromatic carbocycles. The van der Waals surface area contributed by atoms with Gasteiger partial charge in [0.25, 0.3) is 5.91 Å². The van der Waals surface area contributed by atoms with Crippen LogP contribution in [0.1, 0.15) is 36.9 Å². The molecule has 2 N–H and O–H groups in total. The van der Waals surface area contributed by atoms with Gasteiger partial charge in [-0.05, 0) is 52.0 Å². The number of amides is 3. The minimum absolute atomic E-state index is 0.161. The molecule has 0 unspecified atom stereocenters. The van der Waals surface area contributed by atoms with Gasteiger partial charge in [-0.1, -0.05) is 5.16 Å². The highest BCUT2D eigenvalue weighted by molar-refractivity contribution is 7.94. The van der Waals surface area contributed by atoms with E-state index in [-0.39, 0.29) is 22.8 Å². The number of anilines is 2. The number of rotatable bonds is 5. The van der Waals surface area contributed by atoms with E-state index in [1.807, 2.05) is 0 Å². The van der Waals surface area contributed by atoms with Crippen molar-refractivity contribution < 1.29 is 27.3 Å². The van der Waals surface area contributed by atoms with Crippen molar-refractivity contribution in [3.05, 3.63) is 41.7 Å². The summed E-state index contributed by atoms with van der Waals surface area (Å²) >= 11 is 0. The second-order valence-corrected chi connectivity index (χ2v) is 9.58. The SMILES string of the molecule is Cc1cc(NC(=O)[C@H](C)NC(=O)c2ccc(N3C(=O)C(C)(C)CS3(=O)=O)cc2)no1. The van der Waals surface area contributed by atoms with Crippen molar-refractivity contribution in [2.75, 3.05) is 15.4 Å². The Kier molecular flexibility index (Phi) is 5.42. The van der Waals surface area contributed by atoms with Gasteiger partial charge in [0.15, 0.2) is 5.82 Å². The number of hydrogen-bond acceptors (Lipinski definition) is 7. The average molecular weight is 434 g/mol. The van der Waals surface area contributed by atoms with E-state index < -0.39 is 39.2 Å². The lowest BCUT2D eigenvalue weighted by molar-refractivity contribution is -0.123. The molecule has 0 radical (unpaired) electrons. The van der Waals surface area contributed by atoms with Crippen LogP contribution in [0.2, 0.25) is 0 Å². The molecule has 11 heteroatoms. The molecular formula is C19H22N4O6S. The van der Waals surface area contributed by atoms with Gasteiger partial charge in [0.2, 0.25) is 21.8 Å². The molecule has 1 aromatic heterocycles. The van der Waals surface area contributed by atoms with E-state index in [0.717, 1.165) is 4.31 Å². The Bertz CT molecular complexity index is 1100. The van der Waals surface area contributed by atoms with Crippen molar-refractivity contribution in [2.45, 2.75) is 33.7 Å². The smallest absolute Gasteiger partial charge is 0.251 e. The third kappa shape index (κ3) is 4.20. The molecule has 10 nitrogen and oxygen atoms in total. The summed E-state index contributed by atoms with van der Waals surface area (Å²) in [7, 11) is -3.77. The van der Waals surface area contributed by atoms with Crippen LogP contribution in [-0.2, 0) is 19.6 Å². The molecule has 3 amide bonds. The van der Waals surface area contributed by atoms with E-state index in [1.165, 1.54) is 31.2 Å². The van der Waals surface area contributed by atoms with E-state index in [9.17, 15) is 22.8 Å². The Morgan fingerprint density at radius 2 is 1.87 bits per heavy atom. The van der Waals surface area contributed by atoms with Crippen LogP contribution in [-0.4, -0.2) is 43.1 Å². The van der Waals surface area contributed by atoms with Gasteiger partial charge in [-0.2, -0.15) is 0 Å². The second-order valence-electron chi connectivity index (χ2n) is 7.76. The van der Waals surface area contributed by atoms with Crippen molar-refractivity contribution in [3.63, 3.8) is 0 Å². The van der Waals surface area contributed by atoms with Crippen LogP contribution < -0.4 is 14.9 Å². The third-order valence-corrected chi connectivity index (χ3v) is 6.59. The Hall–Kier alpha value is -3.21. The Balaban J connectivity index is 1.68. The number of aromatic nitrogens is 1. The van der Waals surface area contributed by atoms with Crippen molar-refractivity contribution in [1.82, 2.24) is 10.5 Å². The van der Waals surface area contributed by atoms with Gasteiger partial charge in [0, 0.05) is 11.6 Å². The molecule has 2 heterocycles. The van der Waals surface area contributed by atoms with Gasteiger partial charge in [0.05, 0.1) is 16.9 Å². The van der Waals surface area contributed by atoms with E-state index >= 15 is 0 Å². The van der Waals surface area contributed by atoms with Crippen LogP contribution in [0.25, 0.3) is 0 Å². The second kappa shape index (κ2) is 7.56. The van der Waals surface area contributed by atoms with Crippen molar-refractivity contribution in [3.8, 4) is 0 Å². The van der Waals surface area contributed by atoms with Gasteiger partial charge >= 0.3 is 0 Å². The van der Waals surface area contributed by atoms with Crippen molar-refractivity contribution in [1.29, 1.82) is 0 Å². The summed E-state index contributed by atoms with van der Waals surface area (Å²) in [6.07, 6.45) is 0. The summed E-state index contributed by atoms with van der Waals surface area (Å²) in [6, 6.07) is 6.23. The normalized spacial score (nSPS) is 18.1. The van der Waals surface area contributed by atoms with Gasteiger partial charge < -0.3 is 15.2 Å². The van der Waals surface area contributed by atoms with Crippen molar-refractivity contribution >= 4 is 39.3 Å². The zero-order valence-electron chi connectivity index (χ0n) is 16.9. The molecule has 0 spiro atoms. The Morgan fingerprint density at radius 1 is 1.23 bits per heavy atom. The lowest BCUT2D eigenvalue weighted by atomic mass is 9.95. The first-order chi connectivity index (χ1) is 13.9. The van der Waals surface area contributed by atoms with Crippen LogP contribution in [0.5, 0.6) is 0 Å². The van der Waals surface area contributed by atoms with Gasteiger partial charge in [0.1, 0.15) is 11.8 Å². The van der Waals surface area contributed by atoms with E-state index in [4.69, 9.17) is 4.52 Å². The lowest BCUT2D eigenvalue weighted by Gasteiger charge is -2.18. The molecule has 30 heavy (non-hydrogen) atoms. The molecule has 1 aliphatic heterocycles. The van der Waals surface area contributed by atoms with Crippen LogP contribution in [0.15, 0.2) is 34.9 Å². The van der Waals surface area contributed by atoms with E-state index in [0.29, 0.717) is 5.76 Å². The predicted octanol–water partition coefficient (Wildman–Crippen LogP) is 1.44. The van der Waals surface area contributed by atoms with Crippen LogP contribution in [0, 0.1) is 12.3 Å². The standard InChI is InChI=1S/C19H22N4O6S/c1-11-9-15(22-29-11)21-16(24)12(2)20-17(25)13-5-7-14(8-6-13)23-18(26)19(3,4)10-30(23,27)28/h5-9,12H,10H2,1-4H3,(H,20,25)(H,21,22,24)/t12-/m0/s1. The highest BCUT2D eigenvalue weighted by Crippen LogP contribution is 2.35. The fourth-order valence-electron chi connectivity index (χ4n) is 3.01. The molecule has 1 saturated heterocycles. The van der Waals surface area contributed by atoms with E-state index in [1.54, 1.807) is 26.8 Å². The maximum atomic E-state index is 12.4. The number of nitrogens with one attached hydrogen (secondary N) is 2. The number of sulfonamides is 1. The molecule has 0 aliphatic carbocycles. The Morgan fingerprint density at radius 3 is 2.37 bits per heavy atom. The summed E-state index contributed by atoms with van der Waals surface area (Å²) in [5, 5.41) is 8.71. The lowest BCUT2D eigenvalue weighted by Crippen LogP contribution is -2.41. The fourth-order valence-corrected chi connectivity index (χ4v) is 5.12. The number of aryl methyl sites for hydroxylation is 1. The first-order valence-corrected chi connectivity index (χ1v) is 10.7. The maximum absolute atomic E-state index is 12.4. The number of hydrogen-bond donors (Lipinski definition) is 2. The summed E-state index contributed by atoms with van der Waals surface area (Å²) in [5.41, 5.74) is -0.645. The molecule has 0 saturated carbocycles. The van der Waals surface area contributed by atoms with Crippen LogP contribution in [0.4, 0.5) is 11.5 Å². The third-order valence-electron chi connectivity index (χ3n) is 4.57. The highest BCUT2D eigenvalue weighted by Gasteiger charge is 2.49. The molecular weight excluding hydrogens is 412 g/mol. The summed E-state index contributed by atoms with van der Waals surface area (Å²) in [6.45, 7) is 6.33. The quantitative estimate of drug-likeness (QED) is 0.726. The number of nitrogens with zero attached hydrogens (tertiary/aromatic N) is 2. The largest absolute Gasteiger partial charge is 0.360 e. The van der Waals surface area contributed by atoms with Crippen LogP contribution in [0.3, 0.4) is 0 Å². The van der Waals surface area contributed by atoms with Gasteiger partial charge in [-0.25, -0.2) is 12.7 Å². The molecule has 1 atom stereocenters.